The first-order valence-corrected chi connectivity index (χ1v) is 18.0. The van der Waals surface area contributed by atoms with Gasteiger partial charge in [-0.2, -0.15) is 0 Å². The van der Waals surface area contributed by atoms with Gasteiger partial charge in [-0.05, 0) is 51.1 Å². The molecule has 5 heteroatoms. The van der Waals surface area contributed by atoms with Gasteiger partial charge in [0.15, 0.2) is 8.32 Å². The van der Waals surface area contributed by atoms with Crippen molar-refractivity contribution >= 4 is 27.0 Å². The van der Waals surface area contributed by atoms with E-state index in [1.54, 1.807) is 0 Å². The minimum absolute atomic E-state index is 0.0868. The van der Waals surface area contributed by atoms with Crippen LogP contribution in [0.3, 0.4) is 0 Å². The average Bonchev–Trinajstić information content (AvgIpc) is 2.79. The van der Waals surface area contributed by atoms with Crippen molar-refractivity contribution in [3.05, 3.63) is 84.5 Å². The van der Waals surface area contributed by atoms with Gasteiger partial charge in [-0.15, -0.1) is 0 Å². The number of halogens is 1. The molecule has 0 spiro atoms. The van der Waals surface area contributed by atoms with Crippen molar-refractivity contribution < 1.29 is 13.2 Å². The van der Waals surface area contributed by atoms with Crippen LogP contribution in [0.25, 0.3) is 0 Å². The molecule has 3 rings (SSSR count). The molecule has 2 atom stereocenters. The van der Waals surface area contributed by atoms with E-state index in [0.29, 0.717) is 25.0 Å². The molecule has 196 valence electrons. The zero-order valence-electron chi connectivity index (χ0n) is 23.5. The summed E-state index contributed by atoms with van der Waals surface area (Å²) in [5.74, 6) is 0. The van der Waals surface area contributed by atoms with E-state index in [-0.39, 0.29) is 16.2 Å². The smallest absolute Gasteiger partial charge is 0.261 e. The predicted octanol–water partition coefficient (Wildman–Crippen LogP) is 7.57. The maximum Gasteiger partial charge on any atom is 0.261 e. The van der Waals surface area contributed by atoms with Crippen LogP contribution in [0.4, 0.5) is 4.39 Å². The number of allylic oxidation sites excluding steroid dienone is 1. The Morgan fingerprint density at radius 2 is 1.39 bits per heavy atom. The van der Waals surface area contributed by atoms with Gasteiger partial charge in [0.05, 0.1) is 12.7 Å². The Balaban J connectivity index is 1.92. The third kappa shape index (κ3) is 6.01. The molecule has 0 aromatic heterocycles. The summed E-state index contributed by atoms with van der Waals surface area (Å²) >= 11 is 0. The zero-order chi connectivity index (χ0) is 26.8. The summed E-state index contributed by atoms with van der Waals surface area (Å²) in [6.07, 6.45) is 1.95. The highest BCUT2D eigenvalue weighted by Crippen LogP contribution is 2.41. The number of hydrogen-bond donors (Lipinski definition) is 0. The Kier molecular flexibility index (Phi) is 8.71. The van der Waals surface area contributed by atoms with Crippen LogP contribution in [-0.4, -0.2) is 35.5 Å². The Morgan fingerprint density at radius 3 is 1.83 bits per heavy atom. The molecule has 0 heterocycles. The summed E-state index contributed by atoms with van der Waals surface area (Å²) in [5.41, 5.74) is 1.52. The molecule has 2 aromatic carbocycles. The second-order valence-corrected chi connectivity index (χ2v) is 21.7. The van der Waals surface area contributed by atoms with Crippen molar-refractivity contribution in [2.45, 2.75) is 89.8 Å². The summed E-state index contributed by atoms with van der Waals surface area (Å²) in [7, 11) is -4.64. The van der Waals surface area contributed by atoms with Gasteiger partial charge in [-0.1, -0.05) is 115 Å². The predicted molar refractivity (Wildman–Crippen MR) is 157 cm³/mol. The summed E-state index contributed by atoms with van der Waals surface area (Å²) in [5, 5.41) is 2.47. The average molecular weight is 525 g/mol. The minimum Gasteiger partial charge on any atom is -0.413 e. The van der Waals surface area contributed by atoms with E-state index in [4.69, 9.17) is 8.85 Å². The number of alkyl halides is 1. The fourth-order valence-corrected chi connectivity index (χ4v) is 10.8. The Morgan fingerprint density at radius 1 is 0.889 bits per heavy atom. The molecule has 1 aliphatic rings. The Hall–Kier alpha value is -1.80. The van der Waals surface area contributed by atoms with Crippen molar-refractivity contribution in [1.82, 2.24) is 0 Å². The lowest BCUT2D eigenvalue weighted by molar-refractivity contribution is 0.131. The van der Waals surface area contributed by atoms with E-state index in [0.717, 1.165) is 5.57 Å². The van der Waals surface area contributed by atoms with Crippen molar-refractivity contribution in [2.75, 3.05) is 6.61 Å². The molecule has 0 N–H and O–H groups in total. The third-order valence-corrected chi connectivity index (χ3v) is 17.6. The van der Waals surface area contributed by atoms with Crippen molar-refractivity contribution in [3.63, 3.8) is 0 Å². The lowest BCUT2D eigenvalue weighted by Gasteiger charge is -2.43. The van der Waals surface area contributed by atoms with Gasteiger partial charge in [0.1, 0.15) is 6.17 Å². The van der Waals surface area contributed by atoms with Crippen LogP contribution in [-0.2, 0) is 8.85 Å². The second-order valence-electron chi connectivity index (χ2n) is 12.6. The van der Waals surface area contributed by atoms with Gasteiger partial charge in [0.25, 0.3) is 8.32 Å². The first-order chi connectivity index (χ1) is 16.7. The SMILES string of the molecule is C=C1/C(=C/CO[Si](c2ccccc2)(c2ccccc2)C(C)(C)C)C[C@@H](O[Si](C)(C)C(C)(C)C)C[C@@H]1F. The van der Waals surface area contributed by atoms with E-state index in [9.17, 15) is 0 Å². The monoisotopic (exact) mass is 524 g/mol. The topological polar surface area (TPSA) is 18.5 Å². The minimum atomic E-state index is -2.65. The Bertz CT molecular complexity index is 1010. The maximum atomic E-state index is 15.1. The van der Waals surface area contributed by atoms with Crippen LogP contribution in [0.15, 0.2) is 84.5 Å². The molecular weight excluding hydrogens is 480 g/mol. The van der Waals surface area contributed by atoms with Gasteiger partial charge >= 0.3 is 0 Å². The van der Waals surface area contributed by atoms with Crippen LogP contribution in [0, 0.1) is 0 Å². The standard InChI is InChI=1S/C31H45FO2Si2/c1-24-25(22-26(23-29(24)32)34-35(8,9)30(2,3)4)20-21-33-36(31(5,6)7,27-16-12-10-13-17-27)28-18-14-11-15-19-28/h10-20,26,29H,1,21-23H2,2-9H3/b25-20+/t26-,29+/m1/s1. The molecule has 2 aromatic rings. The highest BCUT2D eigenvalue weighted by Gasteiger charge is 2.50. The fourth-order valence-electron chi connectivity index (χ4n) is 4.96. The van der Waals surface area contributed by atoms with Crippen molar-refractivity contribution in [1.29, 1.82) is 0 Å². The molecular formula is C31H45FO2Si2. The quantitative estimate of drug-likeness (QED) is 0.348. The first-order valence-electron chi connectivity index (χ1n) is 13.1. The Labute approximate surface area is 220 Å². The molecule has 0 aliphatic heterocycles. The van der Waals surface area contributed by atoms with Crippen LogP contribution < -0.4 is 10.4 Å². The van der Waals surface area contributed by atoms with Gasteiger partial charge in [-0.25, -0.2) is 4.39 Å². The van der Waals surface area contributed by atoms with E-state index < -0.39 is 22.8 Å². The van der Waals surface area contributed by atoms with Crippen molar-refractivity contribution in [3.8, 4) is 0 Å². The van der Waals surface area contributed by atoms with Gasteiger partial charge in [-0.3, -0.25) is 0 Å². The maximum absolute atomic E-state index is 15.1. The summed E-state index contributed by atoms with van der Waals surface area (Å²) in [6, 6.07) is 21.2. The molecule has 1 saturated carbocycles. The molecule has 2 nitrogen and oxygen atoms in total. The van der Waals surface area contributed by atoms with Gasteiger partial charge < -0.3 is 8.85 Å². The van der Waals surface area contributed by atoms with E-state index in [1.165, 1.54) is 10.4 Å². The highest BCUT2D eigenvalue weighted by molar-refractivity contribution is 6.99. The molecule has 0 saturated heterocycles. The van der Waals surface area contributed by atoms with Crippen molar-refractivity contribution in [2.24, 2.45) is 0 Å². The molecule has 0 bridgehead atoms. The molecule has 0 unspecified atom stereocenters. The van der Waals surface area contributed by atoms with E-state index in [1.807, 2.05) is 12.1 Å². The van der Waals surface area contributed by atoms with Gasteiger partial charge in [0.2, 0.25) is 0 Å². The van der Waals surface area contributed by atoms with E-state index in [2.05, 4.69) is 116 Å². The van der Waals surface area contributed by atoms with E-state index >= 15 is 4.39 Å². The normalized spacial score (nSPS) is 21.1. The second kappa shape index (κ2) is 10.9. The molecule has 1 fully saturated rings. The molecule has 0 radical (unpaired) electrons. The molecule has 36 heavy (non-hydrogen) atoms. The number of benzene rings is 2. The van der Waals surface area contributed by atoms with Gasteiger partial charge in [0, 0.05) is 6.42 Å². The summed E-state index contributed by atoms with van der Waals surface area (Å²) < 4.78 is 28.7. The fraction of sp³-hybridized carbons (Fsp3) is 0.484. The molecule has 0 amide bonds. The zero-order valence-corrected chi connectivity index (χ0v) is 25.5. The summed E-state index contributed by atoms with van der Waals surface area (Å²) in [6.45, 7) is 22.5. The largest absolute Gasteiger partial charge is 0.413 e. The van der Waals surface area contributed by atoms with Crippen LogP contribution in [0.5, 0.6) is 0 Å². The van der Waals surface area contributed by atoms with Crippen LogP contribution >= 0.6 is 0 Å². The lowest BCUT2D eigenvalue weighted by Crippen LogP contribution is -2.66. The number of rotatable bonds is 7. The summed E-state index contributed by atoms with van der Waals surface area (Å²) in [4.78, 5) is 0. The third-order valence-electron chi connectivity index (χ3n) is 8.02. The van der Waals surface area contributed by atoms with Crippen LogP contribution in [0.2, 0.25) is 23.2 Å². The lowest BCUT2D eigenvalue weighted by atomic mass is 9.87. The number of hydrogen-bond acceptors (Lipinski definition) is 2. The molecule has 1 aliphatic carbocycles. The van der Waals surface area contributed by atoms with Crippen LogP contribution in [0.1, 0.15) is 54.4 Å². The highest BCUT2D eigenvalue weighted by atomic mass is 28.4. The first kappa shape index (κ1) is 28.8.